The molecular weight excluding hydrogens is 338 g/mol. The number of hydrogen-bond acceptors (Lipinski definition) is 3. The van der Waals surface area contributed by atoms with Crippen molar-refractivity contribution in [2.45, 2.75) is 6.92 Å². The van der Waals surface area contributed by atoms with Gasteiger partial charge in [0.2, 0.25) is 0 Å². The minimum atomic E-state index is -0.354. The van der Waals surface area contributed by atoms with Crippen LogP contribution in [0.3, 0.4) is 0 Å². The van der Waals surface area contributed by atoms with E-state index < -0.39 is 0 Å². The second kappa shape index (κ2) is 7.23. The van der Waals surface area contributed by atoms with Crippen molar-refractivity contribution in [3.8, 4) is 11.4 Å². The average molecular weight is 354 g/mol. The van der Waals surface area contributed by atoms with E-state index in [-0.39, 0.29) is 11.7 Å². The molecule has 2 aromatic carbocycles. The van der Waals surface area contributed by atoms with Gasteiger partial charge >= 0.3 is 0 Å². The quantitative estimate of drug-likeness (QED) is 0.551. The standard InChI is InChI=1S/C19H16ClN3O2/c1-13-4-7-15(11-18(13)20)23-10-2-3-16(23)12-21-22-19(25)14-5-8-17(24)9-6-14/h2-12,24H,1H3,(H,22,25)/b21-12-. The number of aryl methyl sites for hydroxylation is 1. The highest BCUT2D eigenvalue weighted by Gasteiger charge is 2.05. The molecule has 0 atom stereocenters. The molecule has 0 unspecified atom stereocenters. The third kappa shape index (κ3) is 3.89. The van der Waals surface area contributed by atoms with E-state index in [1.54, 1.807) is 6.21 Å². The number of nitrogens with one attached hydrogen (secondary N) is 1. The van der Waals surface area contributed by atoms with Crippen molar-refractivity contribution in [2.75, 3.05) is 0 Å². The number of hydrogen-bond donors (Lipinski definition) is 2. The van der Waals surface area contributed by atoms with Crippen LogP contribution in [0.4, 0.5) is 0 Å². The van der Waals surface area contributed by atoms with E-state index in [1.807, 2.05) is 48.0 Å². The fraction of sp³-hybridized carbons (Fsp3) is 0.0526. The second-order valence-corrected chi connectivity index (χ2v) is 5.89. The number of amides is 1. The molecule has 2 N–H and O–H groups in total. The molecule has 126 valence electrons. The van der Waals surface area contributed by atoms with Crippen LogP contribution in [0.25, 0.3) is 5.69 Å². The van der Waals surface area contributed by atoms with E-state index in [9.17, 15) is 9.90 Å². The molecule has 0 bridgehead atoms. The summed E-state index contributed by atoms with van der Waals surface area (Å²) >= 11 is 6.19. The summed E-state index contributed by atoms with van der Waals surface area (Å²) in [6.45, 7) is 1.95. The van der Waals surface area contributed by atoms with Gasteiger partial charge in [-0.2, -0.15) is 5.10 Å². The molecule has 1 aromatic heterocycles. The molecule has 0 aliphatic rings. The van der Waals surface area contributed by atoms with Crippen LogP contribution in [0, 0.1) is 6.92 Å². The number of halogens is 1. The fourth-order valence-corrected chi connectivity index (χ4v) is 2.48. The number of phenolic OH excluding ortho intramolecular Hbond substituents is 1. The first-order chi connectivity index (χ1) is 12.0. The Morgan fingerprint density at radius 2 is 1.96 bits per heavy atom. The average Bonchev–Trinajstić information content (AvgIpc) is 3.06. The maximum Gasteiger partial charge on any atom is 0.271 e. The number of hydrazone groups is 1. The summed E-state index contributed by atoms with van der Waals surface area (Å²) in [5.41, 5.74) is 5.59. The molecule has 3 aromatic rings. The Hall–Kier alpha value is -3.05. The van der Waals surface area contributed by atoms with E-state index in [0.717, 1.165) is 16.9 Å². The van der Waals surface area contributed by atoms with E-state index in [0.29, 0.717) is 10.6 Å². The molecular formula is C19H16ClN3O2. The molecule has 1 heterocycles. The number of phenols is 1. The van der Waals surface area contributed by atoms with Crippen LogP contribution in [0.1, 0.15) is 21.6 Å². The number of carbonyl (C=O) groups excluding carboxylic acids is 1. The van der Waals surface area contributed by atoms with Crippen molar-refractivity contribution in [1.29, 1.82) is 0 Å². The van der Waals surface area contributed by atoms with Crippen molar-refractivity contribution >= 4 is 23.7 Å². The highest BCUT2D eigenvalue weighted by Crippen LogP contribution is 2.20. The van der Waals surface area contributed by atoms with Gasteiger partial charge in [-0.25, -0.2) is 5.43 Å². The van der Waals surface area contributed by atoms with E-state index in [2.05, 4.69) is 10.5 Å². The molecule has 1 amide bonds. The summed E-state index contributed by atoms with van der Waals surface area (Å²) in [6.07, 6.45) is 3.45. The molecule has 6 heteroatoms. The van der Waals surface area contributed by atoms with Gasteiger partial charge in [-0.1, -0.05) is 17.7 Å². The van der Waals surface area contributed by atoms with Gasteiger partial charge < -0.3 is 9.67 Å². The first kappa shape index (κ1) is 16.8. The highest BCUT2D eigenvalue weighted by atomic mass is 35.5. The summed E-state index contributed by atoms with van der Waals surface area (Å²) in [6, 6.07) is 15.5. The zero-order chi connectivity index (χ0) is 17.8. The van der Waals surface area contributed by atoms with Crippen LogP contribution in [-0.4, -0.2) is 21.8 Å². The lowest BCUT2D eigenvalue weighted by Crippen LogP contribution is -2.17. The van der Waals surface area contributed by atoms with E-state index >= 15 is 0 Å². The SMILES string of the molecule is Cc1ccc(-n2cccc2/C=N\NC(=O)c2ccc(O)cc2)cc1Cl. The van der Waals surface area contributed by atoms with Crippen LogP contribution in [0.2, 0.25) is 5.02 Å². The topological polar surface area (TPSA) is 66.6 Å². The smallest absolute Gasteiger partial charge is 0.271 e. The number of rotatable bonds is 4. The van der Waals surface area contributed by atoms with Gasteiger partial charge in [0, 0.05) is 22.5 Å². The number of aromatic hydroxyl groups is 1. The number of aromatic nitrogens is 1. The molecule has 0 aliphatic carbocycles. The minimum Gasteiger partial charge on any atom is -0.508 e. The van der Waals surface area contributed by atoms with Crippen LogP contribution < -0.4 is 5.43 Å². The van der Waals surface area contributed by atoms with Crippen LogP contribution >= 0.6 is 11.6 Å². The molecule has 0 aliphatic heterocycles. The summed E-state index contributed by atoms with van der Waals surface area (Å²) in [5, 5.41) is 13.9. The molecule has 25 heavy (non-hydrogen) atoms. The third-order valence-corrected chi connectivity index (χ3v) is 4.11. The third-order valence-electron chi connectivity index (χ3n) is 3.71. The summed E-state index contributed by atoms with van der Waals surface area (Å²) in [5.74, 6) is -0.248. The number of nitrogens with zero attached hydrogens (tertiary/aromatic N) is 2. The van der Waals surface area contributed by atoms with Crippen molar-refractivity contribution in [1.82, 2.24) is 9.99 Å². The Morgan fingerprint density at radius 3 is 2.68 bits per heavy atom. The predicted octanol–water partition coefficient (Wildman–Crippen LogP) is 3.91. The normalized spacial score (nSPS) is 11.0. The molecule has 0 radical (unpaired) electrons. The first-order valence-corrected chi connectivity index (χ1v) is 7.99. The van der Waals surface area contributed by atoms with Crippen molar-refractivity contribution < 1.29 is 9.90 Å². The van der Waals surface area contributed by atoms with Gasteiger partial charge in [-0.05, 0) is 61.0 Å². The Morgan fingerprint density at radius 1 is 1.20 bits per heavy atom. The zero-order valence-electron chi connectivity index (χ0n) is 13.5. The molecule has 0 fully saturated rings. The van der Waals surface area contributed by atoms with Gasteiger partial charge in [0.25, 0.3) is 5.91 Å². The van der Waals surface area contributed by atoms with E-state index in [1.165, 1.54) is 24.3 Å². The molecule has 3 rings (SSSR count). The lowest BCUT2D eigenvalue weighted by molar-refractivity contribution is 0.0955. The molecule has 0 saturated heterocycles. The van der Waals surface area contributed by atoms with Crippen LogP contribution in [-0.2, 0) is 0 Å². The van der Waals surface area contributed by atoms with Crippen LogP contribution in [0.5, 0.6) is 5.75 Å². The maximum atomic E-state index is 12.0. The Labute approximate surface area is 150 Å². The molecule has 0 saturated carbocycles. The minimum absolute atomic E-state index is 0.106. The fourth-order valence-electron chi connectivity index (χ4n) is 2.30. The van der Waals surface area contributed by atoms with Crippen molar-refractivity contribution in [2.24, 2.45) is 5.10 Å². The second-order valence-electron chi connectivity index (χ2n) is 5.48. The largest absolute Gasteiger partial charge is 0.508 e. The summed E-state index contributed by atoms with van der Waals surface area (Å²) in [4.78, 5) is 12.0. The Bertz CT molecular complexity index is 930. The van der Waals surface area contributed by atoms with Gasteiger partial charge in [0.1, 0.15) is 5.75 Å². The highest BCUT2D eigenvalue weighted by molar-refractivity contribution is 6.31. The summed E-state index contributed by atoms with van der Waals surface area (Å²) < 4.78 is 1.92. The molecule has 5 nitrogen and oxygen atoms in total. The zero-order valence-corrected chi connectivity index (χ0v) is 14.2. The van der Waals surface area contributed by atoms with Crippen molar-refractivity contribution in [3.05, 3.63) is 82.6 Å². The lowest BCUT2D eigenvalue weighted by Gasteiger charge is -2.08. The van der Waals surface area contributed by atoms with Gasteiger partial charge in [-0.15, -0.1) is 0 Å². The van der Waals surface area contributed by atoms with Crippen molar-refractivity contribution in [3.63, 3.8) is 0 Å². The lowest BCUT2D eigenvalue weighted by atomic mass is 10.2. The number of benzene rings is 2. The van der Waals surface area contributed by atoms with Crippen LogP contribution in [0.15, 0.2) is 65.9 Å². The number of carbonyl (C=O) groups is 1. The van der Waals surface area contributed by atoms with E-state index in [4.69, 9.17) is 11.6 Å². The summed E-state index contributed by atoms with van der Waals surface area (Å²) in [7, 11) is 0. The monoisotopic (exact) mass is 353 g/mol. The van der Waals surface area contributed by atoms with Gasteiger partial charge in [0.05, 0.1) is 11.9 Å². The maximum absolute atomic E-state index is 12.0. The first-order valence-electron chi connectivity index (χ1n) is 7.61. The Balaban J connectivity index is 1.74. The predicted molar refractivity (Wildman–Crippen MR) is 98.7 cm³/mol. The molecule has 0 spiro atoms. The van der Waals surface area contributed by atoms with Gasteiger partial charge in [0.15, 0.2) is 0 Å². The Kier molecular flexibility index (Phi) is 4.86. The van der Waals surface area contributed by atoms with Gasteiger partial charge in [-0.3, -0.25) is 4.79 Å².